The molecule has 1 N–H and O–H groups in total. The zero-order chi connectivity index (χ0) is 9.23. The van der Waals surface area contributed by atoms with Crippen molar-refractivity contribution in [1.29, 1.82) is 0 Å². The second-order valence-electron chi connectivity index (χ2n) is 3.00. The number of carbonyl (C=O) groups excluding carboxylic acids is 1. The molecule has 0 amide bonds. The first kappa shape index (κ1) is 11.6. The van der Waals surface area contributed by atoms with Crippen LogP contribution in [-0.4, -0.2) is 18.9 Å². The van der Waals surface area contributed by atoms with Crippen molar-refractivity contribution >= 4 is 5.78 Å². The summed E-state index contributed by atoms with van der Waals surface area (Å²) >= 11 is 0. The normalized spacial score (nSPS) is 10.2. The van der Waals surface area contributed by atoms with Crippen LogP contribution >= 0.6 is 0 Å². The van der Waals surface area contributed by atoms with Crippen molar-refractivity contribution in [2.75, 3.05) is 13.1 Å². The first-order chi connectivity index (χ1) is 5.81. The first-order valence-corrected chi connectivity index (χ1v) is 4.83. The minimum atomic E-state index is 0.383. The zero-order valence-corrected chi connectivity index (χ0v) is 8.07. The Hall–Kier alpha value is -0.370. The van der Waals surface area contributed by atoms with Gasteiger partial charge in [-0.3, -0.25) is 4.79 Å². The Morgan fingerprint density at radius 3 is 2.67 bits per heavy atom. The van der Waals surface area contributed by atoms with Crippen molar-refractivity contribution in [3.8, 4) is 0 Å². The zero-order valence-electron chi connectivity index (χ0n) is 8.07. The maximum absolute atomic E-state index is 11.1. The smallest absolute Gasteiger partial charge is 0.134 e. The van der Waals surface area contributed by atoms with E-state index in [1.165, 1.54) is 0 Å². The molecule has 0 unspecified atom stereocenters. The predicted molar refractivity (Wildman–Crippen MR) is 52.0 cm³/mol. The molecule has 0 aliphatic carbocycles. The average Bonchev–Trinajstić information content (AvgIpc) is 2.09. The van der Waals surface area contributed by atoms with Crippen LogP contribution in [0.2, 0.25) is 0 Å². The summed E-state index contributed by atoms with van der Waals surface area (Å²) < 4.78 is 0. The van der Waals surface area contributed by atoms with E-state index in [-0.39, 0.29) is 0 Å². The summed E-state index contributed by atoms with van der Waals surface area (Å²) in [7, 11) is 0. The van der Waals surface area contributed by atoms with Crippen LogP contribution < -0.4 is 5.32 Å². The molecular weight excluding hydrogens is 150 g/mol. The van der Waals surface area contributed by atoms with Crippen LogP contribution in [0.15, 0.2) is 0 Å². The molecule has 0 aromatic rings. The summed E-state index contributed by atoms with van der Waals surface area (Å²) in [5.41, 5.74) is 0. The summed E-state index contributed by atoms with van der Waals surface area (Å²) in [5.74, 6) is 0.383. The van der Waals surface area contributed by atoms with Crippen molar-refractivity contribution in [1.82, 2.24) is 5.32 Å². The lowest BCUT2D eigenvalue weighted by Gasteiger charge is -2.01. The summed E-state index contributed by atoms with van der Waals surface area (Å²) in [6.07, 6.45) is 4.47. The van der Waals surface area contributed by atoms with E-state index in [1.807, 2.05) is 0 Å². The lowest BCUT2D eigenvalue weighted by molar-refractivity contribution is -0.119. The Bertz CT molecular complexity index is 112. The van der Waals surface area contributed by atoms with Gasteiger partial charge in [0.1, 0.15) is 5.78 Å². The van der Waals surface area contributed by atoms with Gasteiger partial charge in [0.05, 0.1) is 0 Å². The number of ketones is 1. The second-order valence-corrected chi connectivity index (χ2v) is 3.00. The van der Waals surface area contributed by atoms with Gasteiger partial charge >= 0.3 is 0 Å². The maximum atomic E-state index is 11.1. The van der Waals surface area contributed by atoms with Crippen LogP contribution in [0.1, 0.15) is 39.0 Å². The average molecular weight is 170 g/mol. The van der Waals surface area contributed by atoms with E-state index in [0.29, 0.717) is 12.2 Å². The molecule has 1 radical (unpaired) electrons. The van der Waals surface area contributed by atoms with Crippen LogP contribution in [0.25, 0.3) is 0 Å². The molecule has 0 spiro atoms. The topological polar surface area (TPSA) is 29.1 Å². The van der Waals surface area contributed by atoms with Gasteiger partial charge in [0.15, 0.2) is 0 Å². The highest BCUT2D eigenvalue weighted by Crippen LogP contribution is 1.97. The Balaban J connectivity index is 3.08. The highest BCUT2D eigenvalue weighted by molar-refractivity contribution is 5.78. The van der Waals surface area contributed by atoms with Crippen molar-refractivity contribution in [2.24, 2.45) is 0 Å². The minimum absolute atomic E-state index is 0.383. The lowest BCUT2D eigenvalue weighted by Crippen LogP contribution is -2.18. The number of hydrogen-bond donors (Lipinski definition) is 1. The van der Waals surface area contributed by atoms with Gasteiger partial charge in [-0.1, -0.05) is 20.3 Å². The fourth-order valence-electron chi connectivity index (χ4n) is 0.977. The van der Waals surface area contributed by atoms with Crippen molar-refractivity contribution < 1.29 is 4.79 Å². The Morgan fingerprint density at radius 1 is 1.33 bits per heavy atom. The summed E-state index contributed by atoms with van der Waals surface area (Å²) in [6.45, 7) is 7.55. The molecule has 0 atom stereocenters. The quantitative estimate of drug-likeness (QED) is 0.564. The molecule has 0 aliphatic heterocycles. The summed E-state index contributed by atoms with van der Waals surface area (Å²) in [4.78, 5) is 11.1. The monoisotopic (exact) mass is 170 g/mol. The Morgan fingerprint density at radius 2 is 2.08 bits per heavy atom. The molecule has 0 saturated carbocycles. The molecule has 0 fully saturated rings. The molecule has 0 heterocycles. The third-order valence-electron chi connectivity index (χ3n) is 1.74. The Kier molecular flexibility index (Phi) is 8.46. The largest absolute Gasteiger partial charge is 0.316 e. The van der Waals surface area contributed by atoms with Crippen molar-refractivity contribution in [3.63, 3.8) is 0 Å². The van der Waals surface area contributed by atoms with Gasteiger partial charge in [0, 0.05) is 19.4 Å². The molecule has 0 bridgehead atoms. The molecule has 0 aromatic heterocycles. The van der Waals surface area contributed by atoms with Crippen LogP contribution in [0.4, 0.5) is 0 Å². The first-order valence-electron chi connectivity index (χ1n) is 4.83. The highest BCUT2D eigenvalue weighted by atomic mass is 16.1. The van der Waals surface area contributed by atoms with Crippen LogP contribution in [-0.2, 0) is 4.79 Å². The third kappa shape index (κ3) is 7.73. The fraction of sp³-hybridized carbons (Fsp3) is 0.800. The number of hydrogen-bond acceptors (Lipinski definition) is 2. The minimum Gasteiger partial charge on any atom is -0.316 e. The number of carbonyl (C=O) groups is 1. The van der Waals surface area contributed by atoms with Gasteiger partial charge in [0.25, 0.3) is 0 Å². The van der Waals surface area contributed by atoms with Crippen molar-refractivity contribution in [2.45, 2.75) is 39.0 Å². The summed E-state index contributed by atoms with van der Waals surface area (Å²) in [6, 6.07) is 0. The molecule has 0 aromatic carbocycles. The van der Waals surface area contributed by atoms with Gasteiger partial charge in [-0.2, -0.15) is 0 Å². The molecule has 71 valence electrons. The number of nitrogens with one attached hydrogen (secondary N) is 1. The van der Waals surface area contributed by atoms with Crippen molar-refractivity contribution in [3.05, 3.63) is 6.92 Å². The van der Waals surface area contributed by atoms with Gasteiger partial charge < -0.3 is 5.32 Å². The highest BCUT2D eigenvalue weighted by Gasteiger charge is 1.99. The summed E-state index contributed by atoms with van der Waals surface area (Å²) in [5, 5.41) is 3.16. The molecule has 0 saturated heterocycles. The Labute approximate surface area is 75.7 Å². The number of Topliss-reactive ketones (excluding diaryl/α,β-unsaturated/α-hetero) is 1. The fourth-order valence-corrected chi connectivity index (χ4v) is 0.977. The van der Waals surface area contributed by atoms with E-state index in [0.717, 1.165) is 38.8 Å². The van der Waals surface area contributed by atoms with E-state index in [2.05, 4.69) is 19.2 Å². The molecular formula is C10H20NO. The lowest BCUT2D eigenvalue weighted by atomic mass is 10.1. The van der Waals surface area contributed by atoms with Crippen LogP contribution in [0.3, 0.4) is 0 Å². The van der Waals surface area contributed by atoms with E-state index in [9.17, 15) is 4.79 Å². The van der Waals surface area contributed by atoms with Crippen LogP contribution in [0, 0.1) is 6.92 Å². The molecule has 0 rings (SSSR count). The molecule has 0 aliphatic rings. The number of unbranched alkanes of at least 4 members (excludes halogenated alkanes) is 1. The second kappa shape index (κ2) is 8.72. The molecule has 2 nitrogen and oxygen atoms in total. The van der Waals surface area contributed by atoms with Gasteiger partial charge in [-0.25, -0.2) is 0 Å². The predicted octanol–water partition coefficient (Wildman–Crippen LogP) is 1.95. The third-order valence-corrected chi connectivity index (χ3v) is 1.74. The number of rotatable bonds is 8. The van der Waals surface area contributed by atoms with Gasteiger partial charge in [-0.05, 0) is 19.4 Å². The van der Waals surface area contributed by atoms with Gasteiger partial charge in [-0.15, -0.1) is 0 Å². The molecule has 2 heteroatoms. The molecule has 12 heavy (non-hydrogen) atoms. The van der Waals surface area contributed by atoms with Gasteiger partial charge in [0.2, 0.25) is 0 Å². The SMILES string of the molecule is [CH2]CCNCCC(=O)CCCC. The maximum Gasteiger partial charge on any atom is 0.134 e. The van der Waals surface area contributed by atoms with E-state index in [4.69, 9.17) is 0 Å². The van der Waals surface area contributed by atoms with Crippen LogP contribution in [0.5, 0.6) is 0 Å². The van der Waals surface area contributed by atoms with E-state index < -0.39 is 0 Å². The van der Waals surface area contributed by atoms with E-state index in [1.54, 1.807) is 0 Å². The van der Waals surface area contributed by atoms with E-state index >= 15 is 0 Å². The standard InChI is InChI=1S/C10H20NO/c1-3-5-6-10(12)7-9-11-8-4-2/h11H,2-9H2,1H3.